The summed E-state index contributed by atoms with van der Waals surface area (Å²) in [6, 6.07) is 7.33. The van der Waals surface area contributed by atoms with Gasteiger partial charge in [0.15, 0.2) is 22.3 Å². The third kappa shape index (κ3) is 3.06. The molecule has 0 saturated carbocycles. The van der Waals surface area contributed by atoms with Crippen LogP contribution in [0.15, 0.2) is 59.0 Å². The van der Waals surface area contributed by atoms with Gasteiger partial charge >= 0.3 is 0 Å². The van der Waals surface area contributed by atoms with Crippen LogP contribution in [-0.2, 0) is 5.75 Å². The summed E-state index contributed by atoms with van der Waals surface area (Å²) in [5.74, 6) is 0.0418. The maximum absolute atomic E-state index is 13.9. The summed E-state index contributed by atoms with van der Waals surface area (Å²) in [6.45, 7) is 0. The molecule has 26 heavy (non-hydrogen) atoms. The van der Waals surface area contributed by atoms with Gasteiger partial charge in [-0.3, -0.25) is 9.78 Å². The summed E-state index contributed by atoms with van der Waals surface area (Å²) in [7, 11) is 0. The Morgan fingerprint density at radius 3 is 2.69 bits per heavy atom. The van der Waals surface area contributed by atoms with Crippen LogP contribution in [0, 0.1) is 5.82 Å². The Morgan fingerprint density at radius 2 is 1.96 bits per heavy atom. The Labute approximate surface area is 155 Å². The minimum absolute atomic E-state index is 0.244. The van der Waals surface area contributed by atoms with Crippen LogP contribution in [-0.4, -0.2) is 29.4 Å². The molecule has 0 aliphatic heterocycles. The molecular weight excluding hydrogens is 379 g/mol. The van der Waals surface area contributed by atoms with E-state index < -0.39 is 11.4 Å². The van der Waals surface area contributed by atoms with E-state index >= 15 is 0 Å². The van der Waals surface area contributed by atoms with Crippen LogP contribution < -0.4 is 5.56 Å². The molecule has 4 aromatic rings. The molecule has 0 fully saturated rings. The molecule has 0 bridgehead atoms. The molecule has 7 nitrogen and oxygen atoms in total. The second kappa shape index (κ2) is 6.85. The molecule has 0 unspecified atom stereocenters. The van der Waals surface area contributed by atoms with Crippen molar-refractivity contribution < 1.29 is 4.39 Å². The first kappa shape index (κ1) is 16.7. The number of benzene rings is 1. The number of aromatic nitrogens is 6. The van der Waals surface area contributed by atoms with Gasteiger partial charge in [0.1, 0.15) is 0 Å². The Kier molecular flexibility index (Phi) is 4.39. The van der Waals surface area contributed by atoms with Crippen molar-refractivity contribution in [1.82, 2.24) is 29.4 Å². The van der Waals surface area contributed by atoms with Crippen LogP contribution in [0.25, 0.3) is 11.3 Å². The van der Waals surface area contributed by atoms with Crippen LogP contribution in [0.4, 0.5) is 4.39 Å². The average molecular weight is 389 g/mol. The molecule has 4 rings (SSSR count). The van der Waals surface area contributed by atoms with Gasteiger partial charge in [0.25, 0.3) is 5.56 Å². The fourth-order valence-corrected chi connectivity index (χ4v) is 3.39. The second-order valence-corrected chi connectivity index (χ2v) is 6.61. The maximum Gasteiger partial charge on any atom is 0.289 e. The number of fused-ring (bicyclic) bond motifs is 1. The van der Waals surface area contributed by atoms with Gasteiger partial charge in [0.05, 0.1) is 12.4 Å². The van der Waals surface area contributed by atoms with E-state index in [4.69, 9.17) is 11.6 Å². The number of halogens is 2. The molecule has 0 spiro atoms. The monoisotopic (exact) mass is 388 g/mol. The third-order valence-electron chi connectivity index (χ3n) is 3.54. The topological polar surface area (TPSA) is 78.0 Å². The first-order valence-corrected chi connectivity index (χ1v) is 8.80. The molecule has 0 aliphatic carbocycles. The minimum Gasteiger partial charge on any atom is -0.266 e. The molecule has 0 atom stereocenters. The summed E-state index contributed by atoms with van der Waals surface area (Å²) in [4.78, 5) is 20.9. The lowest BCUT2D eigenvalue weighted by Crippen LogP contribution is -2.26. The van der Waals surface area contributed by atoms with Crippen LogP contribution >= 0.6 is 23.4 Å². The Balaban J connectivity index is 1.82. The molecule has 0 radical (unpaired) electrons. The van der Waals surface area contributed by atoms with Crippen LogP contribution in [0.3, 0.4) is 0 Å². The Morgan fingerprint density at radius 1 is 1.15 bits per heavy atom. The van der Waals surface area contributed by atoms with Gasteiger partial charge in [-0.15, -0.1) is 9.73 Å². The number of nitrogens with zero attached hydrogens (tertiary/aromatic N) is 6. The smallest absolute Gasteiger partial charge is 0.266 e. The SMILES string of the molecule is O=c1c2c(F)cnn2nc(SCc2ccc(Cl)cc2)n1-c1cnccn1. The predicted octanol–water partition coefficient (Wildman–Crippen LogP) is 2.76. The van der Waals surface area contributed by atoms with E-state index in [-0.39, 0.29) is 11.3 Å². The van der Waals surface area contributed by atoms with Crippen molar-refractivity contribution in [2.75, 3.05) is 0 Å². The molecule has 10 heteroatoms. The normalized spacial score (nSPS) is 11.2. The van der Waals surface area contributed by atoms with Gasteiger partial charge < -0.3 is 0 Å². The molecule has 1 aromatic carbocycles. The van der Waals surface area contributed by atoms with E-state index in [0.29, 0.717) is 15.9 Å². The van der Waals surface area contributed by atoms with E-state index in [0.717, 1.165) is 16.4 Å². The lowest BCUT2D eigenvalue weighted by molar-refractivity contribution is 0.623. The van der Waals surface area contributed by atoms with E-state index in [1.165, 1.54) is 34.9 Å². The van der Waals surface area contributed by atoms with Crippen molar-refractivity contribution in [3.63, 3.8) is 0 Å². The van der Waals surface area contributed by atoms with Gasteiger partial charge in [-0.25, -0.2) is 13.9 Å². The Bertz CT molecular complexity index is 1130. The van der Waals surface area contributed by atoms with E-state index in [1.54, 1.807) is 12.1 Å². The number of hydrogen-bond donors (Lipinski definition) is 0. The first-order chi connectivity index (χ1) is 12.6. The van der Waals surface area contributed by atoms with Crippen molar-refractivity contribution in [3.8, 4) is 5.82 Å². The summed E-state index contributed by atoms with van der Waals surface area (Å²) in [5, 5.41) is 9.02. The van der Waals surface area contributed by atoms with E-state index in [2.05, 4.69) is 20.2 Å². The lowest BCUT2D eigenvalue weighted by atomic mass is 10.2. The highest BCUT2D eigenvalue weighted by molar-refractivity contribution is 7.98. The molecule has 130 valence electrons. The molecular formula is C16H10ClFN6OS. The van der Waals surface area contributed by atoms with Gasteiger partial charge in [-0.1, -0.05) is 35.5 Å². The molecule has 3 aromatic heterocycles. The van der Waals surface area contributed by atoms with Crippen molar-refractivity contribution in [1.29, 1.82) is 0 Å². The van der Waals surface area contributed by atoms with E-state index in [1.807, 2.05) is 12.1 Å². The standard InChI is InChI=1S/C16H10ClFN6OS/c17-11-3-1-10(2-4-11)9-26-16-22-24-14(12(18)7-21-24)15(25)23(16)13-8-19-5-6-20-13/h1-8H,9H2. The zero-order valence-electron chi connectivity index (χ0n) is 13.1. The number of hydrogen-bond acceptors (Lipinski definition) is 6. The van der Waals surface area contributed by atoms with Gasteiger partial charge in [0, 0.05) is 23.2 Å². The fraction of sp³-hybridized carbons (Fsp3) is 0.0625. The van der Waals surface area contributed by atoms with Crippen LogP contribution in [0.1, 0.15) is 5.56 Å². The Hall–Kier alpha value is -2.78. The highest BCUT2D eigenvalue weighted by Gasteiger charge is 2.18. The predicted molar refractivity (Wildman–Crippen MR) is 95.1 cm³/mol. The zero-order chi connectivity index (χ0) is 18.1. The molecule has 0 aliphatic rings. The van der Waals surface area contributed by atoms with Gasteiger partial charge in [-0.05, 0) is 17.7 Å². The first-order valence-electron chi connectivity index (χ1n) is 7.43. The van der Waals surface area contributed by atoms with Crippen LogP contribution in [0.5, 0.6) is 0 Å². The maximum atomic E-state index is 13.9. The lowest BCUT2D eigenvalue weighted by Gasteiger charge is -2.10. The summed E-state index contributed by atoms with van der Waals surface area (Å²) >= 11 is 7.19. The largest absolute Gasteiger partial charge is 0.289 e. The van der Waals surface area contributed by atoms with Gasteiger partial charge in [-0.2, -0.15) is 5.10 Å². The number of thioether (sulfide) groups is 1. The molecule has 0 N–H and O–H groups in total. The van der Waals surface area contributed by atoms with Crippen molar-refractivity contribution in [2.24, 2.45) is 0 Å². The molecule has 0 saturated heterocycles. The average Bonchev–Trinajstić information content (AvgIpc) is 3.03. The fourth-order valence-electron chi connectivity index (χ4n) is 2.33. The van der Waals surface area contributed by atoms with Crippen molar-refractivity contribution in [3.05, 3.63) is 75.8 Å². The minimum atomic E-state index is -0.741. The summed E-state index contributed by atoms with van der Waals surface area (Å²) < 4.78 is 16.2. The summed E-state index contributed by atoms with van der Waals surface area (Å²) in [5.41, 5.74) is 0.145. The third-order valence-corrected chi connectivity index (χ3v) is 4.80. The van der Waals surface area contributed by atoms with Crippen LogP contribution in [0.2, 0.25) is 5.02 Å². The summed E-state index contributed by atoms with van der Waals surface area (Å²) in [6.07, 6.45) is 5.31. The molecule has 3 heterocycles. The second-order valence-electron chi connectivity index (χ2n) is 5.23. The number of rotatable bonds is 4. The van der Waals surface area contributed by atoms with Crippen molar-refractivity contribution in [2.45, 2.75) is 10.9 Å². The zero-order valence-corrected chi connectivity index (χ0v) is 14.7. The highest BCUT2D eigenvalue weighted by atomic mass is 35.5. The molecule has 0 amide bonds. The quantitative estimate of drug-likeness (QED) is 0.500. The van der Waals surface area contributed by atoms with E-state index in [9.17, 15) is 9.18 Å². The highest BCUT2D eigenvalue weighted by Crippen LogP contribution is 2.23. The van der Waals surface area contributed by atoms with Gasteiger partial charge in [0.2, 0.25) is 0 Å². The van der Waals surface area contributed by atoms with Crippen molar-refractivity contribution >= 4 is 28.9 Å².